The molecule has 0 radical (unpaired) electrons. The molecule has 0 N–H and O–H groups in total. The molecule has 0 aromatic heterocycles. The van der Waals surface area contributed by atoms with Crippen LogP contribution < -0.4 is 0 Å². The lowest BCUT2D eigenvalue weighted by Gasteiger charge is -2.04. The molecule has 1 atom stereocenters. The maximum atomic E-state index is 10.5. The number of hydrogen-bond donors (Lipinski definition) is 0. The summed E-state index contributed by atoms with van der Waals surface area (Å²) in [7, 11) is 0. The van der Waals surface area contributed by atoms with Crippen LogP contribution in [0.25, 0.3) is 0 Å². The normalized spacial score (nSPS) is 12.6. The SMILES string of the molecule is CC(C=O)c1ccc(Cl)c(Br)c1. The molecule has 1 unspecified atom stereocenters. The standard InChI is InChI=1S/C9H8BrClO/c1-6(5-12)7-2-3-9(11)8(10)4-7/h2-6H,1H3. The molecule has 3 heteroatoms. The number of rotatable bonds is 2. The smallest absolute Gasteiger partial charge is 0.127 e. The molecule has 0 fully saturated rings. The number of benzene rings is 1. The number of aldehydes is 1. The molecule has 1 aromatic carbocycles. The molecule has 0 aliphatic carbocycles. The molecule has 64 valence electrons. The second-order valence-electron chi connectivity index (χ2n) is 2.60. The molecule has 0 saturated heterocycles. The van der Waals surface area contributed by atoms with Crippen LogP contribution in [0.3, 0.4) is 0 Å². The molecule has 1 aromatic rings. The van der Waals surface area contributed by atoms with Crippen molar-refractivity contribution in [3.8, 4) is 0 Å². The van der Waals surface area contributed by atoms with Crippen LogP contribution in [0.2, 0.25) is 5.02 Å². The van der Waals surface area contributed by atoms with Gasteiger partial charge in [-0.1, -0.05) is 24.6 Å². The van der Waals surface area contributed by atoms with Gasteiger partial charge in [-0.25, -0.2) is 0 Å². The number of carbonyl (C=O) groups excluding carboxylic acids is 1. The Morgan fingerprint density at radius 2 is 2.25 bits per heavy atom. The van der Waals surface area contributed by atoms with Gasteiger partial charge in [0.15, 0.2) is 0 Å². The van der Waals surface area contributed by atoms with E-state index in [1.807, 2.05) is 19.1 Å². The van der Waals surface area contributed by atoms with Gasteiger partial charge in [0.05, 0.1) is 5.02 Å². The largest absolute Gasteiger partial charge is 0.303 e. The van der Waals surface area contributed by atoms with Crippen molar-refractivity contribution in [1.82, 2.24) is 0 Å². The molecule has 0 aliphatic rings. The third-order valence-electron chi connectivity index (χ3n) is 1.67. The van der Waals surface area contributed by atoms with Crippen molar-refractivity contribution in [2.24, 2.45) is 0 Å². The van der Waals surface area contributed by atoms with E-state index in [4.69, 9.17) is 11.6 Å². The van der Waals surface area contributed by atoms with Gasteiger partial charge in [-0.3, -0.25) is 0 Å². The second kappa shape index (κ2) is 4.06. The van der Waals surface area contributed by atoms with E-state index in [2.05, 4.69) is 15.9 Å². The Morgan fingerprint density at radius 1 is 1.58 bits per heavy atom. The highest BCUT2D eigenvalue weighted by Crippen LogP contribution is 2.25. The Kier molecular flexibility index (Phi) is 3.29. The summed E-state index contributed by atoms with van der Waals surface area (Å²) >= 11 is 9.09. The van der Waals surface area contributed by atoms with Gasteiger partial charge in [0.1, 0.15) is 6.29 Å². The first kappa shape index (κ1) is 9.75. The predicted molar refractivity (Wildman–Crippen MR) is 53.6 cm³/mol. The number of halogens is 2. The van der Waals surface area contributed by atoms with E-state index in [9.17, 15) is 4.79 Å². The lowest BCUT2D eigenvalue weighted by Crippen LogP contribution is -1.93. The van der Waals surface area contributed by atoms with E-state index < -0.39 is 0 Å². The quantitative estimate of drug-likeness (QED) is 0.732. The number of hydrogen-bond acceptors (Lipinski definition) is 1. The van der Waals surface area contributed by atoms with E-state index in [0.717, 1.165) is 16.3 Å². The molecule has 1 rings (SSSR count). The Balaban J connectivity index is 3.04. The van der Waals surface area contributed by atoms with Gasteiger partial charge in [-0.2, -0.15) is 0 Å². The third kappa shape index (κ3) is 2.08. The van der Waals surface area contributed by atoms with E-state index >= 15 is 0 Å². The van der Waals surface area contributed by atoms with E-state index in [0.29, 0.717) is 5.02 Å². The molecular formula is C9H8BrClO. The molecule has 0 aliphatic heterocycles. The van der Waals surface area contributed by atoms with Gasteiger partial charge >= 0.3 is 0 Å². The summed E-state index contributed by atoms with van der Waals surface area (Å²) in [5.74, 6) is -0.0708. The summed E-state index contributed by atoms with van der Waals surface area (Å²) in [6.07, 6.45) is 0.912. The van der Waals surface area contributed by atoms with Gasteiger partial charge in [-0.05, 0) is 33.6 Å². The van der Waals surface area contributed by atoms with Crippen LogP contribution in [-0.2, 0) is 4.79 Å². The lowest BCUT2D eigenvalue weighted by atomic mass is 10.0. The molecule has 12 heavy (non-hydrogen) atoms. The van der Waals surface area contributed by atoms with Crippen molar-refractivity contribution >= 4 is 33.8 Å². The van der Waals surface area contributed by atoms with Crippen molar-refractivity contribution in [2.75, 3.05) is 0 Å². The van der Waals surface area contributed by atoms with Crippen molar-refractivity contribution < 1.29 is 4.79 Å². The zero-order valence-electron chi connectivity index (χ0n) is 6.55. The third-order valence-corrected chi connectivity index (χ3v) is 2.89. The highest BCUT2D eigenvalue weighted by molar-refractivity contribution is 9.10. The first-order chi connectivity index (χ1) is 5.65. The zero-order valence-corrected chi connectivity index (χ0v) is 8.89. The Labute approximate surface area is 84.9 Å². The minimum absolute atomic E-state index is 0.0708. The predicted octanol–water partition coefficient (Wildman–Crippen LogP) is 3.40. The molecular weight excluding hydrogens is 239 g/mol. The van der Waals surface area contributed by atoms with Gasteiger partial charge in [0, 0.05) is 10.4 Å². The second-order valence-corrected chi connectivity index (χ2v) is 3.86. The monoisotopic (exact) mass is 246 g/mol. The van der Waals surface area contributed by atoms with E-state index in [-0.39, 0.29) is 5.92 Å². The minimum atomic E-state index is -0.0708. The van der Waals surface area contributed by atoms with Crippen molar-refractivity contribution in [3.05, 3.63) is 33.3 Å². The first-order valence-electron chi connectivity index (χ1n) is 3.55. The van der Waals surface area contributed by atoms with Gasteiger partial charge in [-0.15, -0.1) is 0 Å². The van der Waals surface area contributed by atoms with Gasteiger partial charge in [0.25, 0.3) is 0 Å². The van der Waals surface area contributed by atoms with Crippen molar-refractivity contribution in [1.29, 1.82) is 0 Å². The van der Waals surface area contributed by atoms with Crippen LogP contribution in [0, 0.1) is 0 Å². The van der Waals surface area contributed by atoms with Crippen LogP contribution in [-0.4, -0.2) is 6.29 Å². The summed E-state index contributed by atoms with van der Waals surface area (Å²) < 4.78 is 0.829. The fraction of sp³-hybridized carbons (Fsp3) is 0.222. The fourth-order valence-corrected chi connectivity index (χ4v) is 1.39. The first-order valence-corrected chi connectivity index (χ1v) is 4.72. The average Bonchev–Trinajstić information content (AvgIpc) is 2.08. The van der Waals surface area contributed by atoms with E-state index in [1.165, 1.54) is 0 Å². The van der Waals surface area contributed by atoms with Crippen molar-refractivity contribution in [2.45, 2.75) is 12.8 Å². The molecule has 0 amide bonds. The van der Waals surface area contributed by atoms with Crippen LogP contribution in [0.4, 0.5) is 0 Å². The zero-order chi connectivity index (χ0) is 9.14. The maximum Gasteiger partial charge on any atom is 0.127 e. The fourth-order valence-electron chi connectivity index (χ4n) is 0.874. The average molecular weight is 248 g/mol. The molecule has 0 saturated carbocycles. The summed E-state index contributed by atoms with van der Waals surface area (Å²) in [6.45, 7) is 1.85. The summed E-state index contributed by atoms with van der Waals surface area (Å²) in [5.41, 5.74) is 0.973. The summed E-state index contributed by atoms with van der Waals surface area (Å²) in [4.78, 5) is 10.5. The minimum Gasteiger partial charge on any atom is -0.303 e. The van der Waals surface area contributed by atoms with Crippen molar-refractivity contribution in [3.63, 3.8) is 0 Å². The van der Waals surface area contributed by atoms with Gasteiger partial charge in [0.2, 0.25) is 0 Å². The van der Waals surface area contributed by atoms with Crippen LogP contribution in [0.5, 0.6) is 0 Å². The lowest BCUT2D eigenvalue weighted by molar-refractivity contribution is -0.108. The molecule has 0 spiro atoms. The topological polar surface area (TPSA) is 17.1 Å². The number of carbonyl (C=O) groups is 1. The Bertz CT molecular complexity index is 299. The van der Waals surface area contributed by atoms with E-state index in [1.54, 1.807) is 6.07 Å². The highest BCUT2D eigenvalue weighted by Gasteiger charge is 2.05. The summed E-state index contributed by atoms with van der Waals surface area (Å²) in [6, 6.07) is 5.49. The van der Waals surface area contributed by atoms with Gasteiger partial charge < -0.3 is 4.79 Å². The van der Waals surface area contributed by atoms with Crippen LogP contribution in [0.15, 0.2) is 22.7 Å². The highest BCUT2D eigenvalue weighted by atomic mass is 79.9. The van der Waals surface area contributed by atoms with Crippen LogP contribution >= 0.6 is 27.5 Å². The Hall–Kier alpha value is -0.340. The molecule has 0 bridgehead atoms. The maximum absolute atomic E-state index is 10.5. The van der Waals surface area contributed by atoms with Crippen LogP contribution in [0.1, 0.15) is 18.4 Å². The molecule has 1 nitrogen and oxygen atoms in total. The summed E-state index contributed by atoms with van der Waals surface area (Å²) in [5, 5.41) is 0.664. The molecule has 0 heterocycles. The Morgan fingerprint density at radius 3 is 2.75 bits per heavy atom.